The van der Waals surface area contributed by atoms with Gasteiger partial charge in [0.2, 0.25) is 0 Å². The van der Waals surface area contributed by atoms with E-state index < -0.39 is 5.82 Å². The van der Waals surface area contributed by atoms with Crippen LogP contribution in [0.5, 0.6) is 0 Å². The molecule has 0 N–H and O–H groups in total. The highest BCUT2D eigenvalue weighted by molar-refractivity contribution is 6.33. The summed E-state index contributed by atoms with van der Waals surface area (Å²) in [7, 11) is 0. The molecule has 1 fully saturated rings. The van der Waals surface area contributed by atoms with Gasteiger partial charge in [0.25, 0.3) is 0 Å². The normalized spacial score (nSPS) is 24.5. The molecule has 0 amide bonds. The number of halogens is 3. The molecule has 0 saturated heterocycles. The van der Waals surface area contributed by atoms with Gasteiger partial charge in [0.05, 0.1) is 0 Å². The zero-order valence-electron chi connectivity index (χ0n) is 11.5. The smallest absolute Gasteiger partial charge is 0.197 e. The summed E-state index contributed by atoms with van der Waals surface area (Å²) in [4.78, 5) is 8.08. The summed E-state index contributed by atoms with van der Waals surface area (Å²) in [5.41, 5.74) is 0.337. The second kappa shape index (κ2) is 5.53. The Labute approximate surface area is 123 Å². The molecule has 0 bridgehead atoms. The molecule has 5 heteroatoms. The molecule has 0 aliphatic heterocycles. The van der Waals surface area contributed by atoms with E-state index in [1.165, 1.54) is 0 Å². The Morgan fingerprint density at radius 3 is 1.89 bits per heavy atom. The molecule has 106 valence electrons. The van der Waals surface area contributed by atoms with Crippen molar-refractivity contribution in [1.29, 1.82) is 0 Å². The van der Waals surface area contributed by atoms with Crippen molar-refractivity contribution in [3.05, 3.63) is 21.9 Å². The Kier molecular flexibility index (Phi) is 4.36. The van der Waals surface area contributed by atoms with Gasteiger partial charge in [-0.3, -0.25) is 0 Å². The van der Waals surface area contributed by atoms with Crippen molar-refractivity contribution in [3.8, 4) is 0 Å². The van der Waals surface area contributed by atoms with Crippen LogP contribution in [0.15, 0.2) is 0 Å². The Bertz CT molecular complexity index is 440. The molecule has 1 heterocycles. The summed E-state index contributed by atoms with van der Waals surface area (Å²) in [6, 6.07) is 0. The Morgan fingerprint density at radius 1 is 1.00 bits per heavy atom. The summed E-state index contributed by atoms with van der Waals surface area (Å²) in [5.74, 6) is 0.823. The summed E-state index contributed by atoms with van der Waals surface area (Å²) in [6.45, 7) is 6.83. The van der Waals surface area contributed by atoms with E-state index in [1.807, 2.05) is 0 Å². The van der Waals surface area contributed by atoms with E-state index in [0.717, 1.165) is 31.6 Å². The quantitative estimate of drug-likeness (QED) is 0.663. The molecule has 1 aliphatic carbocycles. The van der Waals surface area contributed by atoms with Crippen molar-refractivity contribution in [2.45, 2.75) is 52.4 Å². The number of hydrogen-bond donors (Lipinski definition) is 0. The summed E-state index contributed by atoms with van der Waals surface area (Å²) in [6.07, 6.45) is 4.31. The lowest BCUT2D eigenvalue weighted by atomic mass is 9.70. The molecule has 1 aromatic heterocycles. The van der Waals surface area contributed by atoms with Gasteiger partial charge in [-0.25, -0.2) is 14.4 Å². The minimum atomic E-state index is -0.726. The van der Waals surface area contributed by atoms with Crippen LogP contribution in [-0.4, -0.2) is 9.97 Å². The fourth-order valence-corrected chi connectivity index (χ4v) is 3.21. The van der Waals surface area contributed by atoms with Gasteiger partial charge < -0.3 is 0 Å². The molecule has 2 nitrogen and oxygen atoms in total. The minimum Gasteiger partial charge on any atom is -0.218 e. The maximum Gasteiger partial charge on any atom is 0.197 e. The van der Waals surface area contributed by atoms with E-state index in [2.05, 4.69) is 30.7 Å². The first kappa shape index (κ1) is 15.0. The predicted molar refractivity (Wildman–Crippen MR) is 76.2 cm³/mol. The van der Waals surface area contributed by atoms with E-state index in [0.29, 0.717) is 11.2 Å². The first-order valence-corrected chi connectivity index (χ1v) is 7.43. The van der Waals surface area contributed by atoms with Gasteiger partial charge >= 0.3 is 0 Å². The molecule has 2 rings (SSSR count). The van der Waals surface area contributed by atoms with Gasteiger partial charge in [0.1, 0.15) is 5.82 Å². The maximum absolute atomic E-state index is 13.3. The van der Waals surface area contributed by atoms with Crippen LogP contribution >= 0.6 is 23.2 Å². The van der Waals surface area contributed by atoms with Crippen LogP contribution in [0.2, 0.25) is 10.3 Å². The first-order valence-electron chi connectivity index (χ1n) is 6.67. The molecule has 0 radical (unpaired) electrons. The molecule has 0 unspecified atom stereocenters. The molecule has 0 spiro atoms. The third-order valence-electron chi connectivity index (χ3n) is 4.10. The third-order valence-corrected chi connectivity index (χ3v) is 4.61. The summed E-state index contributed by atoms with van der Waals surface area (Å²) >= 11 is 11.5. The van der Waals surface area contributed by atoms with Crippen LogP contribution in [0.3, 0.4) is 0 Å². The van der Waals surface area contributed by atoms with Crippen LogP contribution in [-0.2, 0) is 0 Å². The largest absolute Gasteiger partial charge is 0.218 e. The SMILES string of the molecule is CC(C)(C)C1CCC(c2nc(Cl)c(F)c(Cl)n2)CC1. The second-order valence-electron chi connectivity index (χ2n) is 6.39. The zero-order valence-corrected chi connectivity index (χ0v) is 13.0. The lowest BCUT2D eigenvalue weighted by Gasteiger charge is -2.36. The number of hydrogen-bond acceptors (Lipinski definition) is 2. The van der Waals surface area contributed by atoms with E-state index >= 15 is 0 Å². The molecule has 19 heavy (non-hydrogen) atoms. The van der Waals surface area contributed by atoms with E-state index in [1.54, 1.807) is 0 Å². The lowest BCUT2D eigenvalue weighted by Crippen LogP contribution is -2.25. The third kappa shape index (κ3) is 3.38. The van der Waals surface area contributed by atoms with Gasteiger partial charge in [-0.15, -0.1) is 0 Å². The van der Waals surface area contributed by atoms with Gasteiger partial charge in [-0.2, -0.15) is 0 Å². The predicted octanol–water partition coefficient (Wildman–Crippen LogP) is 5.24. The van der Waals surface area contributed by atoms with Crippen LogP contribution in [0.25, 0.3) is 0 Å². The Balaban J connectivity index is 2.10. The van der Waals surface area contributed by atoms with Crippen molar-refractivity contribution >= 4 is 23.2 Å². The molecular formula is C14H19Cl2FN2. The molecule has 0 aromatic carbocycles. The Morgan fingerprint density at radius 2 is 1.47 bits per heavy atom. The summed E-state index contributed by atoms with van der Waals surface area (Å²) < 4.78 is 13.3. The molecule has 0 atom stereocenters. The molecule has 1 aromatic rings. The average Bonchev–Trinajstić information content (AvgIpc) is 2.34. The fraction of sp³-hybridized carbons (Fsp3) is 0.714. The highest BCUT2D eigenvalue weighted by Crippen LogP contribution is 2.42. The Hall–Kier alpha value is -0.410. The average molecular weight is 305 g/mol. The first-order chi connectivity index (χ1) is 8.79. The van der Waals surface area contributed by atoms with Crippen molar-refractivity contribution in [3.63, 3.8) is 0 Å². The van der Waals surface area contributed by atoms with Crippen LogP contribution < -0.4 is 0 Å². The fourth-order valence-electron chi connectivity index (χ4n) is 2.81. The van der Waals surface area contributed by atoms with Crippen LogP contribution in [0.1, 0.15) is 58.2 Å². The monoisotopic (exact) mass is 304 g/mol. The number of nitrogens with zero attached hydrogens (tertiary/aromatic N) is 2. The van der Waals surface area contributed by atoms with Crippen molar-refractivity contribution in [1.82, 2.24) is 9.97 Å². The van der Waals surface area contributed by atoms with Crippen molar-refractivity contribution in [2.75, 3.05) is 0 Å². The highest BCUT2D eigenvalue weighted by Gasteiger charge is 2.31. The van der Waals surface area contributed by atoms with Crippen LogP contribution in [0.4, 0.5) is 4.39 Å². The topological polar surface area (TPSA) is 25.8 Å². The lowest BCUT2D eigenvalue weighted by molar-refractivity contribution is 0.167. The van der Waals surface area contributed by atoms with Gasteiger partial charge in [0.15, 0.2) is 16.1 Å². The molecule has 1 saturated carbocycles. The van der Waals surface area contributed by atoms with Gasteiger partial charge in [0, 0.05) is 5.92 Å². The minimum absolute atomic E-state index is 0.173. The second-order valence-corrected chi connectivity index (χ2v) is 7.11. The van der Waals surface area contributed by atoms with E-state index in [-0.39, 0.29) is 16.2 Å². The van der Waals surface area contributed by atoms with E-state index in [4.69, 9.17) is 23.2 Å². The standard InChI is InChI=1S/C14H19Cl2FN2/c1-14(2,3)9-6-4-8(5-7-9)13-18-11(15)10(17)12(16)19-13/h8-9H,4-7H2,1-3H3. The van der Waals surface area contributed by atoms with Crippen molar-refractivity contribution in [2.24, 2.45) is 11.3 Å². The summed E-state index contributed by atoms with van der Waals surface area (Å²) in [5, 5.41) is -0.346. The van der Waals surface area contributed by atoms with E-state index in [9.17, 15) is 4.39 Å². The number of aromatic nitrogens is 2. The maximum atomic E-state index is 13.3. The highest BCUT2D eigenvalue weighted by atomic mass is 35.5. The van der Waals surface area contributed by atoms with Crippen molar-refractivity contribution < 1.29 is 4.39 Å². The van der Waals surface area contributed by atoms with Gasteiger partial charge in [-0.1, -0.05) is 44.0 Å². The zero-order chi connectivity index (χ0) is 14.2. The van der Waals surface area contributed by atoms with Gasteiger partial charge in [-0.05, 0) is 37.0 Å². The molecular weight excluding hydrogens is 286 g/mol. The van der Waals surface area contributed by atoms with Crippen LogP contribution in [0, 0.1) is 17.2 Å². The molecule has 1 aliphatic rings. The number of rotatable bonds is 1.